The topological polar surface area (TPSA) is 237 Å². The van der Waals surface area contributed by atoms with Crippen molar-refractivity contribution >= 4 is 39.5 Å². The van der Waals surface area contributed by atoms with Crippen LogP contribution < -0.4 is 0 Å². The van der Waals surface area contributed by atoms with Crippen molar-refractivity contribution in [2.75, 3.05) is 39.6 Å². The molecule has 3 N–H and O–H groups in total. The number of ether oxygens (including phenoxy) is 4. The van der Waals surface area contributed by atoms with Crippen LogP contribution in [0.3, 0.4) is 0 Å². The Morgan fingerprint density at radius 1 is 0.299 bits per heavy atom. The van der Waals surface area contributed by atoms with Gasteiger partial charge >= 0.3 is 39.5 Å². The summed E-state index contributed by atoms with van der Waals surface area (Å²) in [6, 6.07) is 0. The van der Waals surface area contributed by atoms with Crippen LogP contribution in [0.25, 0.3) is 0 Å². The zero-order valence-corrected chi connectivity index (χ0v) is 65.2. The maximum atomic E-state index is 13.1. The van der Waals surface area contributed by atoms with E-state index in [2.05, 4.69) is 41.5 Å². The lowest BCUT2D eigenvalue weighted by Gasteiger charge is -2.21. The monoisotopic (exact) mass is 1420 g/mol. The van der Waals surface area contributed by atoms with E-state index >= 15 is 0 Å². The smallest absolute Gasteiger partial charge is 0.462 e. The highest BCUT2D eigenvalue weighted by Gasteiger charge is 2.30. The first-order chi connectivity index (χ1) is 46.9. The van der Waals surface area contributed by atoms with Gasteiger partial charge in [-0.05, 0) is 37.5 Å². The van der Waals surface area contributed by atoms with Crippen LogP contribution in [0.5, 0.6) is 0 Å². The number of aliphatic hydroxyl groups is 1. The third-order valence-electron chi connectivity index (χ3n) is 18.6. The van der Waals surface area contributed by atoms with Gasteiger partial charge in [-0.15, -0.1) is 0 Å². The van der Waals surface area contributed by atoms with Gasteiger partial charge in [0.05, 0.1) is 26.4 Å². The summed E-state index contributed by atoms with van der Waals surface area (Å²) in [6.45, 7) is 9.62. The lowest BCUT2D eigenvalue weighted by molar-refractivity contribution is -0.161. The lowest BCUT2D eigenvalue weighted by atomic mass is 9.99. The van der Waals surface area contributed by atoms with Crippen molar-refractivity contribution in [3.63, 3.8) is 0 Å². The van der Waals surface area contributed by atoms with Crippen LogP contribution in [-0.2, 0) is 65.4 Å². The summed E-state index contributed by atoms with van der Waals surface area (Å²) >= 11 is 0. The van der Waals surface area contributed by atoms with E-state index in [0.717, 1.165) is 102 Å². The number of unbranched alkanes of at least 4 members (excludes halogenated alkanes) is 46. The first kappa shape index (κ1) is 95.1. The summed E-state index contributed by atoms with van der Waals surface area (Å²) in [5.41, 5.74) is 0. The normalized spacial score (nSPS) is 14.2. The zero-order valence-electron chi connectivity index (χ0n) is 63.4. The van der Waals surface area contributed by atoms with Gasteiger partial charge in [-0.2, -0.15) is 0 Å². The Morgan fingerprint density at radius 2 is 0.526 bits per heavy atom. The average Bonchev–Trinajstić information content (AvgIpc) is 2.24. The van der Waals surface area contributed by atoms with Crippen molar-refractivity contribution in [2.45, 2.75) is 426 Å². The molecule has 0 saturated heterocycles. The molecule has 6 atom stereocenters. The molecule has 0 heterocycles. The minimum Gasteiger partial charge on any atom is -0.462 e. The van der Waals surface area contributed by atoms with Gasteiger partial charge in [-0.25, -0.2) is 9.13 Å². The Bertz CT molecular complexity index is 1870. The molecule has 0 aromatic carbocycles. The number of carbonyl (C=O) groups is 4. The van der Waals surface area contributed by atoms with Crippen LogP contribution in [0.1, 0.15) is 408 Å². The average molecular weight is 1420 g/mol. The fourth-order valence-electron chi connectivity index (χ4n) is 12.0. The summed E-state index contributed by atoms with van der Waals surface area (Å²) in [7, 11) is -9.91. The number of esters is 4. The van der Waals surface area contributed by atoms with Crippen LogP contribution in [0.4, 0.5) is 0 Å². The van der Waals surface area contributed by atoms with Crippen molar-refractivity contribution in [3.8, 4) is 0 Å². The molecule has 0 amide bonds. The van der Waals surface area contributed by atoms with E-state index in [-0.39, 0.29) is 25.7 Å². The molecule has 0 bridgehead atoms. The van der Waals surface area contributed by atoms with Crippen LogP contribution in [0, 0.1) is 11.8 Å². The third-order valence-corrected chi connectivity index (χ3v) is 20.5. The molecule has 0 radical (unpaired) electrons. The SMILES string of the molecule is CCCCCCCCCCCCCCCCCCCCC(=O)OC[C@H](COP(=O)(O)OC[C@@H](O)COP(=O)(O)OC[C@@H](COC(=O)CCCCCCCCCCCC)OC(=O)CCCCCCCCCCC(C)C)OC(=O)CCCCCCCCCCCCCCCCC(C)CC. The van der Waals surface area contributed by atoms with E-state index in [4.69, 9.17) is 37.0 Å². The fourth-order valence-corrected chi connectivity index (χ4v) is 13.6. The second-order valence-electron chi connectivity index (χ2n) is 28.8. The molecule has 97 heavy (non-hydrogen) atoms. The second-order valence-corrected chi connectivity index (χ2v) is 31.7. The Balaban J connectivity index is 5.22. The molecule has 0 spiro atoms. The van der Waals surface area contributed by atoms with E-state index < -0.39 is 97.5 Å². The maximum Gasteiger partial charge on any atom is 0.472 e. The third kappa shape index (κ3) is 70.9. The largest absolute Gasteiger partial charge is 0.472 e. The predicted molar refractivity (Wildman–Crippen MR) is 395 cm³/mol. The molecule has 0 saturated carbocycles. The van der Waals surface area contributed by atoms with Gasteiger partial charge in [0, 0.05) is 25.7 Å². The van der Waals surface area contributed by atoms with Crippen LogP contribution in [0.15, 0.2) is 0 Å². The van der Waals surface area contributed by atoms with Crippen LogP contribution in [-0.4, -0.2) is 96.7 Å². The molecule has 0 aliphatic heterocycles. The van der Waals surface area contributed by atoms with Gasteiger partial charge < -0.3 is 33.8 Å². The predicted octanol–water partition coefficient (Wildman–Crippen LogP) is 23.1. The van der Waals surface area contributed by atoms with Crippen molar-refractivity contribution < 1.29 is 80.2 Å². The number of rotatable bonds is 77. The number of hydrogen-bond acceptors (Lipinski definition) is 15. The summed E-state index contributed by atoms with van der Waals surface area (Å²) in [6.07, 6.45) is 58.3. The van der Waals surface area contributed by atoms with Gasteiger partial charge in [-0.1, -0.05) is 356 Å². The maximum absolute atomic E-state index is 13.1. The zero-order chi connectivity index (χ0) is 71.4. The minimum absolute atomic E-state index is 0.105. The van der Waals surface area contributed by atoms with Gasteiger partial charge in [0.2, 0.25) is 0 Å². The molecule has 0 aliphatic rings. The van der Waals surface area contributed by atoms with Crippen molar-refractivity contribution in [1.29, 1.82) is 0 Å². The number of carbonyl (C=O) groups excluding carboxylic acids is 4. The Morgan fingerprint density at radius 3 is 0.784 bits per heavy atom. The Labute approximate surface area is 594 Å². The van der Waals surface area contributed by atoms with Crippen LogP contribution >= 0.6 is 15.6 Å². The highest BCUT2D eigenvalue weighted by atomic mass is 31.2. The van der Waals surface area contributed by atoms with Gasteiger partial charge in [0.25, 0.3) is 0 Å². The molecule has 0 aromatic heterocycles. The standard InChI is InChI=1S/C78H152O17P2/c1-7-10-12-14-16-18-20-21-22-23-24-25-29-32-36-43-49-55-61-76(81)89-66-73(94-77(82)62-56-50-44-37-33-30-27-26-28-31-34-41-47-53-59-71(6)9-3)68-92-96(84,85)90-64-72(79)65-91-97(86,87)93-69-74(67-88-75(80)60-54-48-42-35-19-17-15-13-11-8-2)95-78(83)63-57-51-45-39-38-40-46-52-58-70(4)5/h70-74,79H,7-69H2,1-6H3,(H,84,85)(H,86,87)/t71?,72-,73-,74-/m1/s1. The molecule has 19 heteroatoms. The summed E-state index contributed by atoms with van der Waals surface area (Å²) in [5.74, 6) is -0.550. The van der Waals surface area contributed by atoms with Gasteiger partial charge in [-0.3, -0.25) is 37.3 Å². The number of phosphoric acid groups is 2. The Kier molecular flexibility index (Phi) is 68.4. The molecular weight excluding hydrogens is 1270 g/mol. The molecule has 0 aliphatic carbocycles. The second kappa shape index (κ2) is 69.8. The molecule has 0 fully saturated rings. The Hall–Kier alpha value is -1.94. The first-order valence-electron chi connectivity index (χ1n) is 40.5. The van der Waals surface area contributed by atoms with E-state index in [9.17, 15) is 43.2 Å². The summed E-state index contributed by atoms with van der Waals surface area (Å²) < 4.78 is 68.6. The molecule has 17 nitrogen and oxygen atoms in total. The summed E-state index contributed by atoms with van der Waals surface area (Å²) in [5, 5.41) is 10.6. The molecular formula is C78H152O17P2. The van der Waals surface area contributed by atoms with Crippen LogP contribution in [0.2, 0.25) is 0 Å². The number of phosphoric ester groups is 2. The molecule has 576 valence electrons. The highest BCUT2D eigenvalue weighted by molar-refractivity contribution is 7.47. The van der Waals surface area contributed by atoms with Gasteiger partial charge in [0.15, 0.2) is 12.2 Å². The number of aliphatic hydroxyl groups excluding tert-OH is 1. The minimum atomic E-state index is -4.96. The van der Waals surface area contributed by atoms with Crippen molar-refractivity contribution in [3.05, 3.63) is 0 Å². The van der Waals surface area contributed by atoms with E-state index in [0.29, 0.717) is 25.7 Å². The van der Waals surface area contributed by atoms with Crippen molar-refractivity contribution in [2.24, 2.45) is 11.8 Å². The lowest BCUT2D eigenvalue weighted by Crippen LogP contribution is -2.30. The van der Waals surface area contributed by atoms with E-state index in [1.807, 2.05) is 0 Å². The molecule has 3 unspecified atom stereocenters. The number of hydrogen-bond donors (Lipinski definition) is 3. The molecule has 0 aromatic rings. The van der Waals surface area contributed by atoms with E-state index in [1.165, 1.54) is 225 Å². The van der Waals surface area contributed by atoms with Crippen molar-refractivity contribution in [1.82, 2.24) is 0 Å². The fraction of sp³-hybridized carbons (Fsp3) is 0.949. The molecule has 0 rings (SSSR count). The highest BCUT2D eigenvalue weighted by Crippen LogP contribution is 2.45. The first-order valence-corrected chi connectivity index (χ1v) is 43.5. The quantitative estimate of drug-likeness (QED) is 0.0222. The van der Waals surface area contributed by atoms with Gasteiger partial charge in [0.1, 0.15) is 19.3 Å². The summed E-state index contributed by atoms with van der Waals surface area (Å²) in [4.78, 5) is 72.8. The van der Waals surface area contributed by atoms with E-state index in [1.54, 1.807) is 0 Å².